The van der Waals surface area contributed by atoms with Gasteiger partial charge in [0.15, 0.2) is 15.6 Å². The molecule has 2 aliphatic rings. The lowest BCUT2D eigenvalue weighted by Gasteiger charge is -2.25. The average molecular weight is 343 g/mol. The van der Waals surface area contributed by atoms with Crippen LogP contribution in [0, 0.1) is 5.92 Å². The van der Waals surface area contributed by atoms with E-state index < -0.39 is 9.84 Å². The molecule has 6 heteroatoms. The van der Waals surface area contributed by atoms with Gasteiger partial charge in [0.1, 0.15) is 5.75 Å². The van der Waals surface area contributed by atoms with Crippen molar-refractivity contribution in [1.82, 2.24) is 0 Å². The number of para-hydroxylation sites is 3. The standard InChI is InChI=1S/C18H17NO4S/c20-18-10-13-11-24(21,22)12-16(13)19(18)15-8-4-5-9-17(15)23-14-6-2-1-3-7-14/h1-9,13,16H,10-12H2/t13-,16-/m0/s1. The first-order chi connectivity index (χ1) is 11.5. The lowest BCUT2D eigenvalue weighted by Crippen LogP contribution is -2.36. The fourth-order valence-corrected chi connectivity index (χ4v) is 5.63. The van der Waals surface area contributed by atoms with Crippen LogP contribution in [0.15, 0.2) is 54.6 Å². The number of sulfone groups is 1. The second-order valence-corrected chi connectivity index (χ2v) is 8.41. The molecule has 24 heavy (non-hydrogen) atoms. The molecule has 2 aliphatic heterocycles. The molecule has 2 heterocycles. The van der Waals surface area contributed by atoms with Gasteiger partial charge < -0.3 is 9.64 Å². The van der Waals surface area contributed by atoms with E-state index in [9.17, 15) is 13.2 Å². The molecule has 5 nitrogen and oxygen atoms in total. The number of ether oxygens (including phenoxy) is 1. The third-order valence-electron chi connectivity index (χ3n) is 4.57. The van der Waals surface area contributed by atoms with Crippen molar-refractivity contribution in [2.75, 3.05) is 16.4 Å². The average Bonchev–Trinajstić information content (AvgIpc) is 2.99. The van der Waals surface area contributed by atoms with Crippen LogP contribution in [0.2, 0.25) is 0 Å². The molecule has 2 aromatic rings. The molecule has 0 saturated carbocycles. The molecule has 124 valence electrons. The molecule has 2 fully saturated rings. The van der Waals surface area contributed by atoms with E-state index in [2.05, 4.69) is 0 Å². The highest BCUT2D eigenvalue weighted by Crippen LogP contribution is 2.41. The first-order valence-electron chi connectivity index (χ1n) is 7.88. The van der Waals surface area contributed by atoms with Crippen molar-refractivity contribution in [2.45, 2.75) is 12.5 Å². The van der Waals surface area contributed by atoms with E-state index in [-0.39, 0.29) is 35.8 Å². The topological polar surface area (TPSA) is 63.7 Å². The van der Waals surface area contributed by atoms with Crippen LogP contribution < -0.4 is 9.64 Å². The van der Waals surface area contributed by atoms with Crippen LogP contribution in [-0.4, -0.2) is 31.9 Å². The minimum absolute atomic E-state index is 0.0308. The van der Waals surface area contributed by atoms with E-state index in [0.29, 0.717) is 17.2 Å². The van der Waals surface area contributed by atoms with Crippen LogP contribution in [-0.2, 0) is 14.6 Å². The summed E-state index contributed by atoms with van der Waals surface area (Å²) < 4.78 is 29.8. The molecule has 0 N–H and O–H groups in total. The van der Waals surface area contributed by atoms with Gasteiger partial charge >= 0.3 is 0 Å². The van der Waals surface area contributed by atoms with Crippen molar-refractivity contribution in [3.05, 3.63) is 54.6 Å². The first-order valence-corrected chi connectivity index (χ1v) is 9.70. The number of amides is 1. The van der Waals surface area contributed by atoms with Gasteiger partial charge in [-0.3, -0.25) is 4.79 Å². The van der Waals surface area contributed by atoms with Gasteiger partial charge in [-0.2, -0.15) is 0 Å². The van der Waals surface area contributed by atoms with Gasteiger partial charge in [0, 0.05) is 12.3 Å². The van der Waals surface area contributed by atoms with Crippen molar-refractivity contribution in [3.63, 3.8) is 0 Å². The van der Waals surface area contributed by atoms with Gasteiger partial charge in [-0.15, -0.1) is 0 Å². The highest BCUT2D eigenvalue weighted by molar-refractivity contribution is 7.91. The lowest BCUT2D eigenvalue weighted by molar-refractivity contribution is -0.117. The Morgan fingerprint density at radius 3 is 2.46 bits per heavy atom. The van der Waals surface area contributed by atoms with Gasteiger partial charge in [0.2, 0.25) is 5.91 Å². The van der Waals surface area contributed by atoms with Crippen molar-refractivity contribution in [2.24, 2.45) is 5.92 Å². The SMILES string of the molecule is O=C1C[C@H]2CS(=O)(=O)C[C@@H]2N1c1ccccc1Oc1ccccc1. The quantitative estimate of drug-likeness (QED) is 0.859. The van der Waals surface area contributed by atoms with Crippen LogP contribution in [0.25, 0.3) is 0 Å². The zero-order chi connectivity index (χ0) is 16.7. The Hall–Kier alpha value is -2.34. The second-order valence-electron chi connectivity index (χ2n) is 6.26. The molecule has 0 radical (unpaired) electrons. The number of hydrogen-bond donors (Lipinski definition) is 0. The number of nitrogens with zero attached hydrogens (tertiary/aromatic N) is 1. The summed E-state index contributed by atoms with van der Waals surface area (Å²) in [5.41, 5.74) is 0.635. The van der Waals surface area contributed by atoms with E-state index in [1.54, 1.807) is 11.0 Å². The van der Waals surface area contributed by atoms with Gasteiger partial charge in [-0.05, 0) is 24.3 Å². The smallest absolute Gasteiger partial charge is 0.227 e. The van der Waals surface area contributed by atoms with E-state index in [0.717, 1.165) is 0 Å². The summed E-state index contributed by atoms with van der Waals surface area (Å²) in [7, 11) is -3.08. The van der Waals surface area contributed by atoms with Gasteiger partial charge in [0.25, 0.3) is 0 Å². The Morgan fingerprint density at radius 2 is 1.67 bits per heavy atom. The summed E-state index contributed by atoms with van der Waals surface area (Å²) >= 11 is 0. The van der Waals surface area contributed by atoms with Crippen molar-refractivity contribution >= 4 is 21.4 Å². The molecule has 4 rings (SSSR count). The van der Waals surface area contributed by atoms with Crippen LogP contribution in [0.1, 0.15) is 6.42 Å². The van der Waals surface area contributed by atoms with Crippen LogP contribution in [0.5, 0.6) is 11.5 Å². The normalized spacial score (nSPS) is 24.8. The number of benzene rings is 2. The Labute approximate surface area is 140 Å². The van der Waals surface area contributed by atoms with Gasteiger partial charge in [-0.25, -0.2) is 8.42 Å². The van der Waals surface area contributed by atoms with Crippen LogP contribution in [0.3, 0.4) is 0 Å². The zero-order valence-electron chi connectivity index (χ0n) is 13.0. The minimum Gasteiger partial charge on any atom is -0.455 e. The van der Waals surface area contributed by atoms with E-state index in [1.807, 2.05) is 48.5 Å². The summed E-state index contributed by atoms with van der Waals surface area (Å²) in [6.45, 7) is 0. The highest BCUT2D eigenvalue weighted by atomic mass is 32.2. The summed E-state index contributed by atoms with van der Waals surface area (Å²) in [5.74, 6) is 1.20. The first kappa shape index (κ1) is 15.2. The molecule has 0 aromatic heterocycles. The molecule has 0 unspecified atom stereocenters. The number of rotatable bonds is 3. The van der Waals surface area contributed by atoms with Crippen LogP contribution >= 0.6 is 0 Å². The summed E-state index contributed by atoms with van der Waals surface area (Å²) in [6.07, 6.45) is 0.281. The van der Waals surface area contributed by atoms with Gasteiger partial charge in [0.05, 0.1) is 23.2 Å². The molecule has 0 bridgehead atoms. The Bertz CT molecular complexity index is 879. The van der Waals surface area contributed by atoms with E-state index >= 15 is 0 Å². The van der Waals surface area contributed by atoms with Crippen molar-refractivity contribution in [3.8, 4) is 11.5 Å². The molecule has 2 atom stereocenters. The monoisotopic (exact) mass is 343 g/mol. The number of carbonyl (C=O) groups excluding carboxylic acids is 1. The maximum atomic E-state index is 12.5. The van der Waals surface area contributed by atoms with Crippen molar-refractivity contribution in [1.29, 1.82) is 0 Å². The van der Waals surface area contributed by atoms with Crippen molar-refractivity contribution < 1.29 is 17.9 Å². The fraction of sp³-hybridized carbons (Fsp3) is 0.278. The minimum atomic E-state index is -3.08. The number of carbonyl (C=O) groups is 1. The molecule has 2 aromatic carbocycles. The summed E-state index contributed by atoms with van der Waals surface area (Å²) in [6, 6.07) is 16.3. The molecule has 1 amide bonds. The summed E-state index contributed by atoms with van der Waals surface area (Å²) in [4.78, 5) is 14.1. The van der Waals surface area contributed by atoms with Gasteiger partial charge in [-0.1, -0.05) is 30.3 Å². The number of anilines is 1. The molecule has 2 saturated heterocycles. The second kappa shape index (κ2) is 5.63. The predicted octanol–water partition coefficient (Wildman–Crippen LogP) is 2.63. The number of fused-ring (bicyclic) bond motifs is 1. The summed E-state index contributed by atoms with van der Waals surface area (Å²) in [5, 5.41) is 0. The molecule has 0 spiro atoms. The number of hydrogen-bond acceptors (Lipinski definition) is 4. The maximum Gasteiger partial charge on any atom is 0.227 e. The van der Waals surface area contributed by atoms with E-state index in [1.165, 1.54) is 0 Å². The Morgan fingerprint density at radius 1 is 0.958 bits per heavy atom. The van der Waals surface area contributed by atoms with E-state index in [4.69, 9.17) is 4.74 Å². The highest BCUT2D eigenvalue weighted by Gasteiger charge is 2.49. The lowest BCUT2D eigenvalue weighted by atomic mass is 10.0. The third kappa shape index (κ3) is 2.67. The fourth-order valence-electron chi connectivity index (χ4n) is 3.56. The predicted molar refractivity (Wildman–Crippen MR) is 91.0 cm³/mol. The Balaban J connectivity index is 1.70. The molecule has 0 aliphatic carbocycles. The van der Waals surface area contributed by atoms with Crippen LogP contribution in [0.4, 0.5) is 5.69 Å². The molecular weight excluding hydrogens is 326 g/mol. The zero-order valence-corrected chi connectivity index (χ0v) is 13.8. The largest absolute Gasteiger partial charge is 0.455 e. The maximum absolute atomic E-state index is 12.5. The third-order valence-corrected chi connectivity index (χ3v) is 6.36. The molecular formula is C18H17NO4S. The Kier molecular flexibility index (Phi) is 3.57.